The van der Waals surface area contributed by atoms with Gasteiger partial charge >= 0.3 is 0 Å². The Kier molecular flexibility index (Phi) is 4.48. The van der Waals surface area contributed by atoms with Gasteiger partial charge in [0.1, 0.15) is 10.7 Å². The number of aromatic nitrogens is 3. The van der Waals surface area contributed by atoms with Crippen molar-refractivity contribution < 1.29 is 14.3 Å². The number of nitrogens with zero attached hydrogens (tertiary/aromatic N) is 2. The van der Waals surface area contributed by atoms with E-state index in [1.165, 1.54) is 11.3 Å². The van der Waals surface area contributed by atoms with Gasteiger partial charge in [0, 0.05) is 12.1 Å². The minimum absolute atomic E-state index is 0.0348. The van der Waals surface area contributed by atoms with Gasteiger partial charge in [-0.3, -0.25) is 4.79 Å². The molecule has 1 aromatic carbocycles. The van der Waals surface area contributed by atoms with Gasteiger partial charge in [0.2, 0.25) is 5.91 Å². The van der Waals surface area contributed by atoms with Crippen molar-refractivity contribution in [2.45, 2.75) is 18.9 Å². The molecule has 0 radical (unpaired) electrons. The van der Waals surface area contributed by atoms with Crippen LogP contribution in [-0.4, -0.2) is 47.7 Å². The van der Waals surface area contributed by atoms with E-state index in [0.717, 1.165) is 30.4 Å². The second-order valence-corrected chi connectivity index (χ2v) is 6.83. The van der Waals surface area contributed by atoms with Crippen LogP contribution >= 0.6 is 11.3 Å². The summed E-state index contributed by atoms with van der Waals surface area (Å²) >= 11 is 1.38. The van der Waals surface area contributed by atoms with E-state index in [9.17, 15) is 4.79 Å². The number of methoxy groups -OCH3 is 2. The number of H-pyrrole nitrogens is 1. The fraction of sp³-hybridized carbons (Fsp3) is 0.353. The highest BCUT2D eigenvalue weighted by atomic mass is 32.1. The Morgan fingerprint density at radius 3 is 2.85 bits per heavy atom. The summed E-state index contributed by atoms with van der Waals surface area (Å²) in [6, 6.07) is 3.49. The molecule has 9 heteroatoms. The Balaban J connectivity index is 1.65. The number of anilines is 1. The topological polar surface area (TPSA) is 101 Å². The number of ether oxygens (including phenoxy) is 2. The Labute approximate surface area is 153 Å². The summed E-state index contributed by atoms with van der Waals surface area (Å²) < 4.78 is 10.6. The van der Waals surface area contributed by atoms with Gasteiger partial charge in [-0.1, -0.05) is 0 Å². The number of hydrogen-bond acceptors (Lipinski definition) is 7. The van der Waals surface area contributed by atoms with Gasteiger partial charge in [-0.05, 0) is 19.4 Å². The van der Waals surface area contributed by atoms with Crippen molar-refractivity contribution in [1.82, 2.24) is 20.3 Å². The minimum atomic E-state index is -0.144. The molecular formula is C17H19N5O3S. The van der Waals surface area contributed by atoms with Gasteiger partial charge < -0.3 is 25.1 Å². The molecule has 4 rings (SSSR count). The van der Waals surface area contributed by atoms with Gasteiger partial charge in [-0.2, -0.15) is 0 Å². The SMILES string of the molecule is COc1cc2nc(-c3ncsc3NC(=O)C3CCCN3)[nH]c2cc1OC. The molecule has 0 aliphatic carbocycles. The molecule has 1 amide bonds. The number of aromatic amines is 1. The standard InChI is InChI=1S/C17H19N5O3S/c1-24-12-6-10-11(7-13(12)25-2)21-15(20-10)14-17(26-8-19-14)22-16(23)9-4-3-5-18-9/h6-9,18H,3-5H2,1-2H3,(H,20,21)(H,22,23). The number of rotatable bonds is 5. The van der Waals surface area contributed by atoms with Crippen LogP contribution in [0.25, 0.3) is 22.6 Å². The minimum Gasteiger partial charge on any atom is -0.493 e. The number of carbonyl (C=O) groups is 1. The molecule has 0 spiro atoms. The highest BCUT2D eigenvalue weighted by Gasteiger charge is 2.24. The molecule has 136 valence electrons. The van der Waals surface area contributed by atoms with Gasteiger partial charge in [-0.25, -0.2) is 9.97 Å². The third-order valence-electron chi connectivity index (χ3n) is 4.39. The summed E-state index contributed by atoms with van der Waals surface area (Å²) in [6.07, 6.45) is 1.87. The molecule has 2 aromatic heterocycles. The molecule has 1 fully saturated rings. The fourth-order valence-corrected chi connectivity index (χ4v) is 3.74. The van der Waals surface area contributed by atoms with Crippen LogP contribution in [0.1, 0.15) is 12.8 Å². The van der Waals surface area contributed by atoms with Crippen molar-refractivity contribution in [1.29, 1.82) is 0 Å². The molecule has 3 N–H and O–H groups in total. The van der Waals surface area contributed by atoms with Crippen molar-refractivity contribution in [3.63, 3.8) is 0 Å². The Hall–Kier alpha value is -2.65. The lowest BCUT2D eigenvalue weighted by atomic mass is 10.2. The van der Waals surface area contributed by atoms with Crippen LogP contribution in [0.5, 0.6) is 11.5 Å². The van der Waals surface area contributed by atoms with Gasteiger partial charge in [0.25, 0.3) is 0 Å². The van der Waals surface area contributed by atoms with Crippen molar-refractivity contribution in [3.8, 4) is 23.0 Å². The molecule has 3 aromatic rings. The molecule has 0 bridgehead atoms. The van der Waals surface area contributed by atoms with Gasteiger partial charge in [0.05, 0.1) is 36.8 Å². The molecular weight excluding hydrogens is 354 g/mol. The predicted octanol–water partition coefficient (Wildman–Crippen LogP) is 2.39. The molecule has 1 aliphatic heterocycles. The number of carbonyl (C=O) groups excluding carboxylic acids is 1. The average molecular weight is 373 g/mol. The molecule has 3 heterocycles. The summed E-state index contributed by atoms with van der Waals surface area (Å²) in [5, 5.41) is 6.84. The zero-order valence-electron chi connectivity index (χ0n) is 14.5. The van der Waals surface area contributed by atoms with Gasteiger partial charge in [-0.15, -0.1) is 11.3 Å². The van der Waals surface area contributed by atoms with Crippen LogP contribution in [0.15, 0.2) is 17.6 Å². The number of hydrogen-bond donors (Lipinski definition) is 3. The molecule has 1 saturated heterocycles. The van der Waals surface area contributed by atoms with E-state index in [4.69, 9.17) is 9.47 Å². The lowest BCUT2D eigenvalue weighted by Crippen LogP contribution is -2.35. The van der Waals surface area contributed by atoms with E-state index in [-0.39, 0.29) is 11.9 Å². The number of nitrogens with one attached hydrogen (secondary N) is 3. The Morgan fingerprint density at radius 2 is 2.12 bits per heavy atom. The van der Waals surface area contributed by atoms with E-state index < -0.39 is 0 Å². The number of amides is 1. The van der Waals surface area contributed by atoms with Crippen LogP contribution in [0.4, 0.5) is 5.00 Å². The van der Waals surface area contributed by atoms with Crippen LogP contribution in [-0.2, 0) is 4.79 Å². The maximum absolute atomic E-state index is 12.4. The van der Waals surface area contributed by atoms with E-state index in [1.807, 2.05) is 6.07 Å². The third kappa shape index (κ3) is 2.99. The largest absolute Gasteiger partial charge is 0.493 e. The van der Waals surface area contributed by atoms with Crippen molar-refractivity contribution in [2.75, 3.05) is 26.1 Å². The van der Waals surface area contributed by atoms with Crippen LogP contribution in [0, 0.1) is 0 Å². The summed E-state index contributed by atoms with van der Waals surface area (Å²) in [4.78, 5) is 24.6. The smallest absolute Gasteiger partial charge is 0.242 e. The maximum Gasteiger partial charge on any atom is 0.242 e. The van der Waals surface area contributed by atoms with E-state index in [0.29, 0.717) is 28.0 Å². The van der Waals surface area contributed by atoms with Gasteiger partial charge in [0.15, 0.2) is 17.3 Å². The summed E-state index contributed by atoms with van der Waals surface area (Å²) in [5.41, 5.74) is 3.86. The van der Waals surface area contributed by atoms with Crippen molar-refractivity contribution >= 4 is 33.3 Å². The third-order valence-corrected chi connectivity index (χ3v) is 5.13. The monoisotopic (exact) mass is 373 g/mol. The van der Waals surface area contributed by atoms with E-state index >= 15 is 0 Å². The molecule has 0 saturated carbocycles. The highest BCUT2D eigenvalue weighted by molar-refractivity contribution is 7.14. The quantitative estimate of drug-likeness (QED) is 0.635. The first kappa shape index (κ1) is 16.8. The molecule has 1 atom stereocenters. The first-order valence-corrected chi connectivity index (χ1v) is 9.17. The van der Waals surface area contributed by atoms with Crippen LogP contribution < -0.4 is 20.1 Å². The summed E-state index contributed by atoms with van der Waals surface area (Å²) in [7, 11) is 3.18. The second-order valence-electron chi connectivity index (χ2n) is 5.98. The molecule has 1 aliphatic rings. The van der Waals surface area contributed by atoms with Crippen LogP contribution in [0.2, 0.25) is 0 Å². The first-order valence-electron chi connectivity index (χ1n) is 8.29. The Bertz CT molecular complexity index is 904. The fourth-order valence-electron chi connectivity index (χ4n) is 3.06. The zero-order chi connectivity index (χ0) is 18.1. The lowest BCUT2D eigenvalue weighted by Gasteiger charge is -2.10. The predicted molar refractivity (Wildman–Crippen MR) is 100.0 cm³/mol. The highest BCUT2D eigenvalue weighted by Crippen LogP contribution is 2.34. The van der Waals surface area contributed by atoms with E-state index in [2.05, 4.69) is 25.6 Å². The zero-order valence-corrected chi connectivity index (χ0v) is 15.3. The maximum atomic E-state index is 12.4. The van der Waals surface area contributed by atoms with E-state index in [1.54, 1.807) is 25.8 Å². The van der Waals surface area contributed by atoms with Crippen LogP contribution in [0.3, 0.4) is 0 Å². The number of benzene rings is 1. The first-order chi connectivity index (χ1) is 12.7. The number of imidazole rings is 1. The van der Waals surface area contributed by atoms with Crippen molar-refractivity contribution in [3.05, 3.63) is 17.6 Å². The number of thiazole rings is 1. The molecule has 1 unspecified atom stereocenters. The number of fused-ring (bicyclic) bond motifs is 1. The normalized spacial score (nSPS) is 16.8. The molecule has 26 heavy (non-hydrogen) atoms. The lowest BCUT2D eigenvalue weighted by molar-refractivity contribution is -0.117. The summed E-state index contributed by atoms with van der Waals surface area (Å²) in [6.45, 7) is 0.876. The molecule has 8 nitrogen and oxygen atoms in total. The average Bonchev–Trinajstić information content (AvgIpc) is 3.39. The Morgan fingerprint density at radius 1 is 1.31 bits per heavy atom. The van der Waals surface area contributed by atoms with Crippen molar-refractivity contribution in [2.24, 2.45) is 0 Å². The second kappa shape index (κ2) is 6.93. The summed E-state index contributed by atoms with van der Waals surface area (Å²) in [5.74, 6) is 1.78.